The van der Waals surface area contributed by atoms with E-state index in [1.54, 1.807) is 26.0 Å². The molecule has 0 aromatic heterocycles. The lowest BCUT2D eigenvalue weighted by atomic mass is 9.83. The van der Waals surface area contributed by atoms with E-state index in [9.17, 15) is 4.79 Å². The molecule has 154 valence electrons. The fraction of sp³-hybridized carbons (Fsp3) is 0.417. The zero-order chi connectivity index (χ0) is 20.6. The van der Waals surface area contributed by atoms with Gasteiger partial charge in [-0.3, -0.25) is 9.79 Å². The Labute approximate surface area is 174 Å². The summed E-state index contributed by atoms with van der Waals surface area (Å²) in [5, 5.41) is 6.89. The van der Waals surface area contributed by atoms with Crippen molar-refractivity contribution in [2.45, 2.75) is 31.6 Å². The number of amides is 1. The van der Waals surface area contributed by atoms with E-state index >= 15 is 0 Å². The summed E-state index contributed by atoms with van der Waals surface area (Å²) in [6.07, 6.45) is 4.49. The summed E-state index contributed by atoms with van der Waals surface area (Å²) in [5.74, 6) is 1.39. The molecule has 0 spiro atoms. The predicted octanol–water partition coefficient (Wildman–Crippen LogP) is 3.22. The number of rotatable bonds is 6. The Balaban J connectivity index is 1.49. The maximum absolute atomic E-state index is 12.1. The molecule has 29 heavy (non-hydrogen) atoms. The molecule has 2 aromatic carbocycles. The third-order valence-corrected chi connectivity index (χ3v) is 5.52. The molecular weight excluding hydrogens is 360 g/mol. The molecule has 0 heterocycles. The minimum Gasteiger partial charge on any atom is -0.356 e. The minimum absolute atomic E-state index is 0.0325. The quantitative estimate of drug-likeness (QED) is 0.586. The molecule has 0 saturated heterocycles. The van der Waals surface area contributed by atoms with Crippen molar-refractivity contribution in [3.8, 4) is 0 Å². The number of hydrogen-bond donors (Lipinski definition) is 2. The number of carbonyl (C=O) groups is 1. The number of aryl methyl sites for hydroxylation is 1. The standard InChI is InChI=1S/C24H32N4O/c1-25-24(27-17-21-12-7-10-19-9-4-5-13-22(19)21)26-15-14-18-8-6-11-20(16-18)23(29)28(2)3/h4-6,8-9,11,13,16,21H,7,10,12,14-15,17H2,1-3H3,(H2,25,26,27). The van der Waals surface area contributed by atoms with Crippen molar-refractivity contribution in [2.24, 2.45) is 4.99 Å². The number of hydrogen-bond acceptors (Lipinski definition) is 2. The lowest BCUT2D eigenvalue weighted by molar-refractivity contribution is 0.0827. The van der Waals surface area contributed by atoms with Crippen molar-refractivity contribution in [2.75, 3.05) is 34.2 Å². The van der Waals surface area contributed by atoms with Crippen LogP contribution >= 0.6 is 0 Å². The topological polar surface area (TPSA) is 56.7 Å². The van der Waals surface area contributed by atoms with Gasteiger partial charge in [-0.25, -0.2) is 0 Å². The van der Waals surface area contributed by atoms with Crippen LogP contribution < -0.4 is 10.6 Å². The van der Waals surface area contributed by atoms with Gasteiger partial charge in [0.05, 0.1) is 0 Å². The van der Waals surface area contributed by atoms with Crippen LogP contribution in [0, 0.1) is 0 Å². The average Bonchev–Trinajstić information content (AvgIpc) is 2.75. The first-order valence-electron chi connectivity index (χ1n) is 10.4. The molecular formula is C24H32N4O. The van der Waals surface area contributed by atoms with Gasteiger partial charge < -0.3 is 15.5 Å². The Bertz CT molecular complexity index is 859. The second-order valence-electron chi connectivity index (χ2n) is 7.82. The maximum atomic E-state index is 12.1. The summed E-state index contributed by atoms with van der Waals surface area (Å²) >= 11 is 0. The Morgan fingerprint density at radius 1 is 1.14 bits per heavy atom. The van der Waals surface area contributed by atoms with Gasteiger partial charge in [0.1, 0.15) is 0 Å². The van der Waals surface area contributed by atoms with Gasteiger partial charge in [0, 0.05) is 45.7 Å². The van der Waals surface area contributed by atoms with Crippen LogP contribution in [0.4, 0.5) is 0 Å². The van der Waals surface area contributed by atoms with Crippen molar-refractivity contribution >= 4 is 11.9 Å². The molecule has 0 bridgehead atoms. The number of carbonyl (C=O) groups excluding carboxylic acids is 1. The van der Waals surface area contributed by atoms with Crippen LogP contribution in [-0.4, -0.2) is 51.0 Å². The summed E-state index contributed by atoms with van der Waals surface area (Å²) in [4.78, 5) is 18.1. The molecule has 0 fully saturated rings. The molecule has 1 aliphatic rings. The van der Waals surface area contributed by atoms with E-state index in [0.29, 0.717) is 5.92 Å². The van der Waals surface area contributed by atoms with Gasteiger partial charge in [0.2, 0.25) is 0 Å². The summed E-state index contributed by atoms with van der Waals surface area (Å²) in [7, 11) is 5.36. The van der Waals surface area contributed by atoms with E-state index in [1.165, 1.54) is 30.4 Å². The molecule has 5 nitrogen and oxygen atoms in total. The highest BCUT2D eigenvalue weighted by Crippen LogP contribution is 2.30. The molecule has 1 amide bonds. The zero-order valence-corrected chi connectivity index (χ0v) is 17.7. The van der Waals surface area contributed by atoms with Gasteiger partial charge in [0.25, 0.3) is 5.91 Å². The summed E-state index contributed by atoms with van der Waals surface area (Å²) in [6, 6.07) is 16.6. The van der Waals surface area contributed by atoms with Crippen molar-refractivity contribution in [1.82, 2.24) is 15.5 Å². The smallest absolute Gasteiger partial charge is 0.253 e. The van der Waals surface area contributed by atoms with Gasteiger partial charge in [-0.15, -0.1) is 0 Å². The van der Waals surface area contributed by atoms with E-state index in [1.807, 2.05) is 18.2 Å². The van der Waals surface area contributed by atoms with Crippen LogP contribution in [0.25, 0.3) is 0 Å². The molecule has 2 aromatic rings. The highest BCUT2D eigenvalue weighted by atomic mass is 16.2. The average molecular weight is 393 g/mol. The zero-order valence-electron chi connectivity index (χ0n) is 17.7. The Morgan fingerprint density at radius 2 is 1.97 bits per heavy atom. The van der Waals surface area contributed by atoms with Crippen molar-refractivity contribution in [3.05, 3.63) is 70.8 Å². The monoisotopic (exact) mass is 392 g/mol. The molecule has 2 N–H and O–H groups in total. The van der Waals surface area contributed by atoms with Crippen molar-refractivity contribution < 1.29 is 4.79 Å². The Kier molecular flexibility index (Phi) is 7.28. The van der Waals surface area contributed by atoms with Crippen LogP contribution in [0.15, 0.2) is 53.5 Å². The third-order valence-electron chi connectivity index (χ3n) is 5.52. The molecule has 5 heteroatoms. The molecule has 0 saturated carbocycles. The Hall–Kier alpha value is -2.82. The fourth-order valence-electron chi connectivity index (χ4n) is 3.95. The van der Waals surface area contributed by atoms with Gasteiger partial charge in [-0.05, 0) is 54.5 Å². The van der Waals surface area contributed by atoms with Crippen molar-refractivity contribution in [3.63, 3.8) is 0 Å². The molecule has 1 unspecified atom stereocenters. The first-order valence-corrected chi connectivity index (χ1v) is 10.4. The molecule has 1 atom stereocenters. The molecule has 0 radical (unpaired) electrons. The SMILES string of the molecule is CN=C(NCCc1cccc(C(=O)N(C)C)c1)NCC1CCCc2ccccc21. The van der Waals surface area contributed by atoms with Gasteiger partial charge in [0.15, 0.2) is 5.96 Å². The fourth-order valence-corrected chi connectivity index (χ4v) is 3.95. The maximum Gasteiger partial charge on any atom is 0.253 e. The van der Waals surface area contributed by atoms with E-state index in [2.05, 4.69) is 46.0 Å². The van der Waals surface area contributed by atoms with E-state index < -0.39 is 0 Å². The summed E-state index contributed by atoms with van der Waals surface area (Å²) in [5.41, 5.74) is 4.83. The van der Waals surface area contributed by atoms with Crippen LogP contribution in [0.2, 0.25) is 0 Å². The van der Waals surface area contributed by atoms with Gasteiger partial charge in [-0.1, -0.05) is 36.4 Å². The minimum atomic E-state index is 0.0325. The number of fused-ring (bicyclic) bond motifs is 1. The first-order chi connectivity index (χ1) is 14.1. The first kappa shape index (κ1) is 20.9. The molecule has 1 aliphatic carbocycles. The largest absolute Gasteiger partial charge is 0.356 e. The lowest BCUT2D eigenvalue weighted by Gasteiger charge is -2.26. The molecule has 0 aliphatic heterocycles. The summed E-state index contributed by atoms with van der Waals surface area (Å²) in [6.45, 7) is 1.66. The van der Waals surface area contributed by atoms with Crippen LogP contribution in [0.5, 0.6) is 0 Å². The lowest BCUT2D eigenvalue weighted by Crippen LogP contribution is -2.40. The highest BCUT2D eigenvalue weighted by molar-refractivity contribution is 5.94. The number of nitrogens with zero attached hydrogens (tertiary/aromatic N) is 2. The molecule has 3 rings (SSSR count). The Morgan fingerprint density at radius 3 is 2.76 bits per heavy atom. The normalized spacial score (nSPS) is 16.1. The number of nitrogens with one attached hydrogen (secondary N) is 2. The van der Waals surface area contributed by atoms with Gasteiger partial charge >= 0.3 is 0 Å². The van der Waals surface area contributed by atoms with Crippen molar-refractivity contribution in [1.29, 1.82) is 0 Å². The predicted molar refractivity (Wildman–Crippen MR) is 120 cm³/mol. The van der Waals surface area contributed by atoms with E-state index in [4.69, 9.17) is 0 Å². The second-order valence-corrected chi connectivity index (χ2v) is 7.82. The highest BCUT2D eigenvalue weighted by Gasteiger charge is 2.19. The second kappa shape index (κ2) is 10.1. The van der Waals surface area contributed by atoms with Crippen LogP contribution in [0.1, 0.15) is 45.8 Å². The van der Waals surface area contributed by atoms with E-state index in [-0.39, 0.29) is 5.91 Å². The number of aliphatic imine (C=N–C) groups is 1. The van der Waals surface area contributed by atoms with Crippen LogP contribution in [0.3, 0.4) is 0 Å². The van der Waals surface area contributed by atoms with Crippen LogP contribution in [-0.2, 0) is 12.8 Å². The number of guanidine groups is 1. The van der Waals surface area contributed by atoms with E-state index in [0.717, 1.165) is 36.6 Å². The van der Waals surface area contributed by atoms with Gasteiger partial charge in [-0.2, -0.15) is 0 Å². The number of benzene rings is 2. The summed E-state index contributed by atoms with van der Waals surface area (Å²) < 4.78 is 0. The third kappa shape index (κ3) is 5.59.